The van der Waals surface area contributed by atoms with Crippen LogP contribution in [0.15, 0.2) is 48.5 Å². The summed E-state index contributed by atoms with van der Waals surface area (Å²) in [5.41, 5.74) is 1.78. The van der Waals surface area contributed by atoms with E-state index in [9.17, 15) is 9.18 Å². The van der Waals surface area contributed by atoms with Gasteiger partial charge in [-0.3, -0.25) is 4.79 Å². The van der Waals surface area contributed by atoms with Gasteiger partial charge >= 0.3 is 0 Å². The normalized spacial score (nSPS) is 14.9. The van der Waals surface area contributed by atoms with Gasteiger partial charge in [0.1, 0.15) is 11.6 Å². The van der Waals surface area contributed by atoms with Crippen LogP contribution in [0.5, 0.6) is 5.75 Å². The van der Waals surface area contributed by atoms with Gasteiger partial charge in [0, 0.05) is 32.2 Å². The zero-order valence-corrected chi connectivity index (χ0v) is 15.0. The summed E-state index contributed by atoms with van der Waals surface area (Å²) >= 11 is 0. The van der Waals surface area contributed by atoms with Gasteiger partial charge in [-0.2, -0.15) is 0 Å². The molecule has 1 amide bonds. The second kappa shape index (κ2) is 8.67. The average molecular weight is 357 g/mol. The van der Waals surface area contributed by atoms with E-state index in [-0.39, 0.29) is 18.3 Å². The Hall–Kier alpha value is -2.60. The van der Waals surface area contributed by atoms with Crippen LogP contribution >= 0.6 is 0 Å². The second-order valence-electron chi connectivity index (χ2n) is 6.23. The molecule has 1 heterocycles. The molecule has 26 heavy (non-hydrogen) atoms. The molecule has 0 aromatic heterocycles. The van der Waals surface area contributed by atoms with Crippen molar-refractivity contribution >= 4 is 17.3 Å². The van der Waals surface area contributed by atoms with E-state index >= 15 is 0 Å². The number of nitrogens with zero attached hydrogens (tertiary/aromatic N) is 2. The molecule has 0 bridgehead atoms. The van der Waals surface area contributed by atoms with Gasteiger partial charge in [-0.05, 0) is 30.8 Å². The van der Waals surface area contributed by atoms with Crippen molar-refractivity contribution in [3.05, 3.63) is 54.3 Å². The van der Waals surface area contributed by atoms with E-state index in [0.29, 0.717) is 5.75 Å². The summed E-state index contributed by atoms with van der Waals surface area (Å²) in [5.74, 6) is -0.322. The number of carbonyl (C=O) groups excluding carboxylic acids is 1. The van der Waals surface area contributed by atoms with Crippen LogP contribution in [0.25, 0.3) is 0 Å². The van der Waals surface area contributed by atoms with Crippen molar-refractivity contribution < 1.29 is 13.9 Å². The van der Waals surface area contributed by atoms with Crippen LogP contribution in [0.1, 0.15) is 6.92 Å². The lowest BCUT2D eigenvalue weighted by atomic mass is 10.2. The SMILES string of the molecule is CCN1CCN(c2ccccc2NC(=O)COc2cccc(F)c2)CC1. The van der Waals surface area contributed by atoms with Gasteiger partial charge in [-0.25, -0.2) is 4.39 Å². The van der Waals surface area contributed by atoms with Crippen LogP contribution < -0.4 is 15.0 Å². The quantitative estimate of drug-likeness (QED) is 0.863. The number of piperazine rings is 1. The number of hydrogen-bond acceptors (Lipinski definition) is 4. The van der Waals surface area contributed by atoms with Gasteiger partial charge in [0.2, 0.25) is 0 Å². The van der Waals surface area contributed by atoms with Gasteiger partial charge in [0.15, 0.2) is 6.61 Å². The van der Waals surface area contributed by atoms with Gasteiger partial charge < -0.3 is 19.9 Å². The van der Waals surface area contributed by atoms with Crippen LogP contribution in [0.4, 0.5) is 15.8 Å². The molecule has 5 nitrogen and oxygen atoms in total. The maximum absolute atomic E-state index is 13.2. The number of amides is 1. The highest BCUT2D eigenvalue weighted by Gasteiger charge is 2.18. The third kappa shape index (κ3) is 4.73. The molecule has 1 saturated heterocycles. The number of rotatable bonds is 6. The van der Waals surface area contributed by atoms with E-state index in [1.807, 2.05) is 24.3 Å². The van der Waals surface area contributed by atoms with E-state index in [4.69, 9.17) is 4.74 Å². The molecule has 2 aromatic carbocycles. The van der Waals surface area contributed by atoms with Gasteiger partial charge in [0.25, 0.3) is 5.91 Å². The molecule has 0 radical (unpaired) electrons. The number of benzene rings is 2. The standard InChI is InChI=1S/C20H24FN3O2/c1-2-23-10-12-24(13-11-23)19-9-4-3-8-18(19)22-20(25)15-26-17-7-5-6-16(21)14-17/h3-9,14H,2,10-13,15H2,1H3,(H,22,25). The lowest BCUT2D eigenvalue weighted by Crippen LogP contribution is -2.46. The zero-order valence-electron chi connectivity index (χ0n) is 15.0. The Bertz CT molecular complexity index is 745. The molecule has 138 valence electrons. The fourth-order valence-corrected chi connectivity index (χ4v) is 3.05. The van der Waals surface area contributed by atoms with Gasteiger partial charge in [-0.1, -0.05) is 25.1 Å². The molecule has 6 heteroatoms. The Kier molecular flexibility index (Phi) is 6.07. The summed E-state index contributed by atoms with van der Waals surface area (Å²) in [5, 5.41) is 2.90. The molecule has 1 fully saturated rings. The molecular formula is C20H24FN3O2. The van der Waals surface area contributed by atoms with Gasteiger partial charge in [0.05, 0.1) is 11.4 Å². The Morgan fingerprint density at radius 2 is 1.88 bits per heavy atom. The highest BCUT2D eigenvalue weighted by Crippen LogP contribution is 2.26. The summed E-state index contributed by atoms with van der Waals surface area (Å²) in [6, 6.07) is 13.5. The van der Waals surface area contributed by atoms with Gasteiger partial charge in [-0.15, -0.1) is 0 Å². The first kappa shape index (κ1) is 18.2. The summed E-state index contributed by atoms with van der Waals surface area (Å²) in [6.45, 7) is 6.96. The molecule has 1 aliphatic heterocycles. The minimum atomic E-state index is -0.389. The summed E-state index contributed by atoms with van der Waals surface area (Å²) < 4.78 is 18.5. The number of hydrogen-bond donors (Lipinski definition) is 1. The van der Waals surface area contributed by atoms with Crippen LogP contribution in [0.3, 0.4) is 0 Å². The first-order valence-electron chi connectivity index (χ1n) is 8.90. The molecule has 0 aliphatic carbocycles. The number of carbonyl (C=O) groups is 1. The molecule has 1 N–H and O–H groups in total. The molecule has 0 saturated carbocycles. The third-order valence-corrected chi connectivity index (χ3v) is 4.50. The molecule has 0 atom stereocenters. The van der Waals surface area contributed by atoms with Crippen molar-refractivity contribution in [2.24, 2.45) is 0 Å². The largest absolute Gasteiger partial charge is 0.484 e. The van der Waals surface area contributed by atoms with E-state index in [1.54, 1.807) is 12.1 Å². The molecule has 2 aromatic rings. The summed E-state index contributed by atoms with van der Waals surface area (Å²) in [7, 11) is 0. The van der Waals surface area contributed by atoms with Crippen molar-refractivity contribution in [2.45, 2.75) is 6.92 Å². The maximum Gasteiger partial charge on any atom is 0.262 e. The Morgan fingerprint density at radius 3 is 2.62 bits per heavy atom. The van der Waals surface area contributed by atoms with Crippen LogP contribution in [-0.2, 0) is 4.79 Å². The minimum Gasteiger partial charge on any atom is -0.484 e. The monoisotopic (exact) mass is 357 g/mol. The van der Waals surface area contributed by atoms with E-state index in [2.05, 4.69) is 22.0 Å². The van der Waals surface area contributed by atoms with Crippen molar-refractivity contribution in [3.63, 3.8) is 0 Å². The number of ether oxygens (including phenoxy) is 1. The number of nitrogens with one attached hydrogen (secondary N) is 1. The lowest BCUT2D eigenvalue weighted by molar-refractivity contribution is -0.118. The van der Waals surface area contributed by atoms with Crippen molar-refractivity contribution in [2.75, 3.05) is 49.5 Å². The highest BCUT2D eigenvalue weighted by atomic mass is 19.1. The zero-order chi connectivity index (χ0) is 18.4. The molecule has 3 rings (SSSR count). The van der Waals surface area contributed by atoms with E-state index in [0.717, 1.165) is 44.1 Å². The fraction of sp³-hybridized carbons (Fsp3) is 0.350. The first-order chi connectivity index (χ1) is 12.7. The van der Waals surface area contributed by atoms with E-state index < -0.39 is 0 Å². The molecule has 0 unspecified atom stereocenters. The fourth-order valence-electron chi connectivity index (χ4n) is 3.05. The Labute approximate surface area is 153 Å². The molecule has 0 spiro atoms. The summed E-state index contributed by atoms with van der Waals surface area (Å²) in [4.78, 5) is 16.9. The van der Waals surface area contributed by atoms with Crippen molar-refractivity contribution in [1.29, 1.82) is 0 Å². The highest BCUT2D eigenvalue weighted by molar-refractivity contribution is 5.95. The van der Waals surface area contributed by atoms with Crippen molar-refractivity contribution in [1.82, 2.24) is 4.90 Å². The molecular weight excluding hydrogens is 333 g/mol. The number of halogens is 1. The van der Waals surface area contributed by atoms with Crippen LogP contribution in [0, 0.1) is 5.82 Å². The number of para-hydroxylation sites is 2. The molecule has 1 aliphatic rings. The van der Waals surface area contributed by atoms with Crippen molar-refractivity contribution in [3.8, 4) is 5.75 Å². The first-order valence-corrected chi connectivity index (χ1v) is 8.90. The Morgan fingerprint density at radius 1 is 1.12 bits per heavy atom. The Balaban J connectivity index is 1.60. The topological polar surface area (TPSA) is 44.8 Å². The predicted molar refractivity (Wildman–Crippen MR) is 101 cm³/mol. The van der Waals surface area contributed by atoms with E-state index in [1.165, 1.54) is 12.1 Å². The number of anilines is 2. The number of likely N-dealkylation sites (N-methyl/N-ethyl adjacent to an activating group) is 1. The second-order valence-corrected chi connectivity index (χ2v) is 6.23. The lowest BCUT2D eigenvalue weighted by Gasteiger charge is -2.36. The minimum absolute atomic E-state index is 0.165. The average Bonchev–Trinajstić information content (AvgIpc) is 2.67. The maximum atomic E-state index is 13.2. The predicted octanol–water partition coefficient (Wildman–Crippen LogP) is 2.99. The summed E-state index contributed by atoms with van der Waals surface area (Å²) in [6.07, 6.45) is 0. The smallest absolute Gasteiger partial charge is 0.262 e. The van der Waals surface area contributed by atoms with Crippen LogP contribution in [-0.4, -0.2) is 50.1 Å². The third-order valence-electron chi connectivity index (χ3n) is 4.50. The van der Waals surface area contributed by atoms with Crippen LogP contribution in [0.2, 0.25) is 0 Å².